The Hall–Kier alpha value is -1.00. The number of rotatable bonds is 3. The summed E-state index contributed by atoms with van der Waals surface area (Å²) in [6.45, 7) is 3.86. The molecule has 0 heterocycles. The second-order valence-electron chi connectivity index (χ2n) is 5.76. The maximum atomic E-state index is 14.2. The van der Waals surface area contributed by atoms with Gasteiger partial charge in [0.25, 0.3) is 0 Å². The molecule has 1 fully saturated rings. The second-order valence-corrected chi connectivity index (χ2v) is 5.76. The van der Waals surface area contributed by atoms with Crippen LogP contribution in [0.4, 0.5) is 8.78 Å². The van der Waals surface area contributed by atoms with Crippen molar-refractivity contribution in [3.05, 3.63) is 34.9 Å². The molecule has 1 unspecified atom stereocenters. The molecule has 4 heteroatoms. The number of hydrazine groups is 1. The number of benzene rings is 1. The summed E-state index contributed by atoms with van der Waals surface area (Å²) < 4.78 is 28.2. The molecule has 1 aliphatic rings. The fourth-order valence-electron chi connectivity index (χ4n) is 3.04. The lowest BCUT2D eigenvalue weighted by Crippen LogP contribution is -2.36. The molecule has 19 heavy (non-hydrogen) atoms. The smallest absolute Gasteiger partial charge is 0.133 e. The van der Waals surface area contributed by atoms with Gasteiger partial charge in [-0.2, -0.15) is 0 Å². The fourth-order valence-corrected chi connectivity index (χ4v) is 3.04. The van der Waals surface area contributed by atoms with Gasteiger partial charge in [0.2, 0.25) is 0 Å². The monoisotopic (exact) mass is 268 g/mol. The maximum absolute atomic E-state index is 14.2. The molecule has 0 bridgehead atoms. The third-order valence-corrected chi connectivity index (χ3v) is 4.34. The van der Waals surface area contributed by atoms with E-state index in [1.807, 2.05) is 0 Å². The summed E-state index contributed by atoms with van der Waals surface area (Å²) in [5.74, 6) is 5.49. The summed E-state index contributed by atoms with van der Waals surface area (Å²) in [6.07, 6.45) is 4.11. The van der Waals surface area contributed by atoms with E-state index in [0.717, 1.165) is 25.7 Å². The van der Waals surface area contributed by atoms with Gasteiger partial charge in [-0.3, -0.25) is 11.3 Å². The van der Waals surface area contributed by atoms with E-state index < -0.39 is 17.7 Å². The van der Waals surface area contributed by atoms with Gasteiger partial charge >= 0.3 is 0 Å². The third kappa shape index (κ3) is 2.95. The molecule has 3 N–H and O–H groups in total. The Kier molecular flexibility index (Phi) is 4.53. The molecule has 1 atom stereocenters. The van der Waals surface area contributed by atoms with Crippen molar-refractivity contribution >= 4 is 0 Å². The predicted octanol–water partition coefficient (Wildman–Crippen LogP) is 3.60. The number of hydrogen-bond acceptors (Lipinski definition) is 2. The third-order valence-electron chi connectivity index (χ3n) is 4.34. The first-order valence-corrected chi connectivity index (χ1v) is 6.95. The van der Waals surface area contributed by atoms with E-state index in [2.05, 4.69) is 12.3 Å². The number of nitrogens with one attached hydrogen (secondary N) is 1. The van der Waals surface area contributed by atoms with E-state index in [-0.39, 0.29) is 11.5 Å². The zero-order chi connectivity index (χ0) is 14.0. The first kappa shape index (κ1) is 14.4. The molecular weight excluding hydrogens is 246 g/mol. The van der Waals surface area contributed by atoms with Crippen LogP contribution in [0.3, 0.4) is 0 Å². The lowest BCUT2D eigenvalue weighted by atomic mass is 9.77. The highest BCUT2D eigenvalue weighted by atomic mass is 19.1. The number of nitrogens with two attached hydrogens (primary N) is 1. The van der Waals surface area contributed by atoms with Crippen LogP contribution >= 0.6 is 0 Å². The Morgan fingerprint density at radius 1 is 1.21 bits per heavy atom. The SMILES string of the molecule is Cc1ccc(F)c(C(NN)C2CCC(C)CC2)c1F. The van der Waals surface area contributed by atoms with Crippen molar-refractivity contribution in [2.75, 3.05) is 0 Å². The molecule has 0 radical (unpaired) electrons. The standard InChI is InChI=1S/C15H22F2N2/c1-9-3-6-11(7-4-9)15(19-18)13-12(16)8-5-10(2)14(13)17/h5,8-9,11,15,19H,3-4,6-7,18H2,1-2H3. The number of hydrogen-bond donors (Lipinski definition) is 2. The average molecular weight is 268 g/mol. The van der Waals surface area contributed by atoms with E-state index in [1.165, 1.54) is 12.1 Å². The van der Waals surface area contributed by atoms with Crippen LogP contribution in [-0.4, -0.2) is 0 Å². The number of halogens is 2. The van der Waals surface area contributed by atoms with Crippen molar-refractivity contribution in [1.82, 2.24) is 5.43 Å². The van der Waals surface area contributed by atoms with Crippen LogP contribution in [0.1, 0.15) is 49.8 Å². The van der Waals surface area contributed by atoms with E-state index in [4.69, 9.17) is 5.84 Å². The Morgan fingerprint density at radius 3 is 2.42 bits per heavy atom. The van der Waals surface area contributed by atoms with Crippen LogP contribution < -0.4 is 11.3 Å². The van der Waals surface area contributed by atoms with Crippen LogP contribution in [0, 0.1) is 30.4 Å². The molecular formula is C15H22F2N2. The molecule has 1 aromatic carbocycles. The zero-order valence-electron chi connectivity index (χ0n) is 11.5. The van der Waals surface area contributed by atoms with Gasteiger partial charge in [-0.25, -0.2) is 8.78 Å². The van der Waals surface area contributed by atoms with Crippen molar-refractivity contribution < 1.29 is 8.78 Å². The van der Waals surface area contributed by atoms with Crippen molar-refractivity contribution in [2.45, 2.75) is 45.6 Å². The highest BCUT2D eigenvalue weighted by molar-refractivity contribution is 5.29. The molecule has 0 spiro atoms. The van der Waals surface area contributed by atoms with Gasteiger partial charge in [0.15, 0.2) is 0 Å². The van der Waals surface area contributed by atoms with E-state index in [0.29, 0.717) is 11.5 Å². The fraction of sp³-hybridized carbons (Fsp3) is 0.600. The first-order valence-electron chi connectivity index (χ1n) is 6.95. The highest BCUT2D eigenvalue weighted by Gasteiger charge is 2.30. The molecule has 2 rings (SSSR count). The molecule has 0 aromatic heterocycles. The Bertz CT molecular complexity index is 440. The maximum Gasteiger partial charge on any atom is 0.133 e. The molecule has 0 aliphatic heterocycles. The van der Waals surface area contributed by atoms with Gasteiger partial charge in [0, 0.05) is 5.56 Å². The zero-order valence-corrected chi connectivity index (χ0v) is 11.5. The predicted molar refractivity (Wildman–Crippen MR) is 72.3 cm³/mol. The summed E-state index contributed by atoms with van der Waals surface area (Å²) in [7, 11) is 0. The minimum atomic E-state index is -0.510. The largest absolute Gasteiger partial charge is 0.271 e. The lowest BCUT2D eigenvalue weighted by molar-refractivity contribution is 0.225. The lowest BCUT2D eigenvalue weighted by Gasteiger charge is -2.33. The summed E-state index contributed by atoms with van der Waals surface area (Å²) in [6, 6.07) is 2.35. The van der Waals surface area contributed by atoms with Gasteiger partial charge in [-0.1, -0.05) is 25.8 Å². The minimum Gasteiger partial charge on any atom is -0.271 e. The molecule has 1 aromatic rings. The summed E-state index contributed by atoms with van der Waals surface area (Å²) in [5.41, 5.74) is 3.19. The van der Waals surface area contributed by atoms with Gasteiger partial charge in [0.1, 0.15) is 11.6 Å². The normalized spacial score (nSPS) is 25.3. The molecule has 0 saturated heterocycles. The quantitative estimate of drug-likeness (QED) is 0.649. The van der Waals surface area contributed by atoms with Crippen LogP contribution in [0.25, 0.3) is 0 Å². The van der Waals surface area contributed by atoms with E-state index in [1.54, 1.807) is 6.92 Å². The Balaban J connectivity index is 2.29. The summed E-state index contributed by atoms with van der Waals surface area (Å²) >= 11 is 0. The van der Waals surface area contributed by atoms with E-state index >= 15 is 0 Å². The van der Waals surface area contributed by atoms with Crippen LogP contribution in [0.15, 0.2) is 12.1 Å². The molecule has 1 aliphatic carbocycles. The van der Waals surface area contributed by atoms with Gasteiger partial charge in [0.05, 0.1) is 6.04 Å². The highest BCUT2D eigenvalue weighted by Crippen LogP contribution is 2.38. The van der Waals surface area contributed by atoms with Crippen molar-refractivity contribution in [2.24, 2.45) is 17.7 Å². The van der Waals surface area contributed by atoms with E-state index in [9.17, 15) is 8.78 Å². The van der Waals surface area contributed by atoms with Crippen LogP contribution in [0.5, 0.6) is 0 Å². The van der Waals surface area contributed by atoms with Gasteiger partial charge in [-0.05, 0) is 43.2 Å². The molecule has 0 amide bonds. The van der Waals surface area contributed by atoms with Gasteiger partial charge in [-0.15, -0.1) is 0 Å². The van der Waals surface area contributed by atoms with Crippen molar-refractivity contribution in [3.63, 3.8) is 0 Å². The van der Waals surface area contributed by atoms with Crippen LogP contribution in [0.2, 0.25) is 0 Å². The number of aryl methyl sites for hydroxylation is 1. The van der Waals surface area contributed by atoms with Crippen molar-refractivity contribution in [1.29, 1.82) is 0 Å². The minimum absolute atomic E-state index is 0.0991. The summed E-state index contributed by atoms with van der Waals surface area (Å²) in [4.78, 5) is 0. The Labute approximate surface area is 113 Å². The molecule has 106 valence electrons. The molecule has 2 nitrogen and oxygen atoms in total. The second kappa shape index (κ2) is 5.97. The van der Waals surface area contributed by atoms with Gasteiger partial charge < -0.3 is 0 Å². The van der Waals surface area contributed by atoms with Crippen molar-refractivity contribution in [3.8, 4) is 0 Å². The average Bonchev–Trinajstić information content (AvgIpc) is 2.40. The topological polar surface area (TPSA) is 38.0 Å². The molecule has 1 saturated carbocycles. The Morgan fingerprint density at radius 2 is 1.84 bits per heavy atom. The summed E-state index contributed by atoms with van der Waals surface area (Å²) in [5, 5.41) is 0. The van der Waals surface area contributed by atoms with Crippen LogP contribution in [-0.2, 0) is 0 Å². The first-order chi connectivity index (χ1) is 9.04.